The highest BCUT2D eigenvalue weighted by molar-refractivity contribution is 8.15. The van der Waals surface area contributed by atoms with Crippen LogP contribution in [-0.2, 0) is 12.1 Å². The number of amidine groups is 1. The maximum atomic E-state index is 15.4. The fraction of sp³-hybridized carbons (Fsp3) is 0.417. The molecule has 1 aromatic carbocycles. The van der Waals surface area contributed by atoms with Crippen molar-refractivity contribution in [2.45, 2.75) is 51.0 Å². The number of aryl methyl sites for hydroxylation is 2. The van der Waals surface area contributed by atoms with Gasteiger partial charge in [-0.2, -0.15) is 4.98 Å². The minimum absolute atomic E-state index is 0.0184. The Morgan fingerprint density at radius 3 is 2.68 bits per heavy atom. The number of halogens is 3. The number of aliphatic imine (C=N–C) groups is 1. The lowest BCUT2D eigenvalue weighted by molar-refractivity contribution is 0.102. The molecule has 1 aliphatic heterocycles. The molecular formula is C24H24F3N7O3S. The van der Waals surface area contributed by atoms with Crippen molar-refractivity contribution in [1.29, 1.82) is 0 Å². The molecule has 0 radical (unpaired) electrons. The molecule has 0 bridgehead atoms. The topological polar surface area (TPSA) is 141 Å². The number of amides is 1. The SMILES string of the molecule is Cc1noc(COc2cnc(C(=O)Nc3cc(C)c(F)c([C@@]4(C)N=C(N)S[C@@]5(C(F)F)C(C)C54)c3)cn2)n1. The van der Waals surface area contributed by atoms with Crippen LogP contribution < -0.4 is 15.8 Å². The Hall–Kier alpha value is -3.68. The third-order valence-corrected chi connectivity index (χ3v) is 8.45. The molecule has 38 heavy (non-hydrogen) atoms. The van der Waals surface area contributed by atoms with Crippen molar-refractivity contribution in [2.24, 2.45) is 22.6 Å². The van der Waals surface area contributed by atoms with Crippen LogP contribution in [0, 0.1) is 31.5 Å². The molecule has 2 aromatic heterocycles. The van der Waals surface area contributed by atoms with E-state index in [4.69, 9.17) is 15.0 Å². The number of fused-ring (bicyclic) bond motifs is 1. The summed E-state index contributed by atoms with van der Waals surface area (Å²) in [4.78, 5) is 29.4. The Balaban J connectivity index is 1.36. The molecule has 0 saturated heterocycles. The van der Waals surface area contributed by atoms with Crippen LogP contribution in [0.4, 0.5) is 18.9 Å². The molecule has 1 amide bonds. The van der Waals surface area contributed by atoms with Crippen molar-refractivity contribution in [3.63, 3.8) is 0 Å². The van der Waals surface area contributed by atoms with Crippen molar-refractivity contribution >= 4 is 28.5 Å². The zero-order valence-electron chi connectivity index (χ0n) is 20.8. The highest BCUT2D eigenvalue weighted by Crippen LogP contribution is 2.71. The van der Waals surface area contributed by atoms with Gasteiger partial charge in [0.25, 0.3) is 18.2 Å². The number of benzene rings is 1. The number of hydrogen-bond acceptors (Lipinski definition) is 10. The van der Waals surface area contributed by atoms with E-state index >= 15 is 4.39 Å². The summed E-state index contributed by atoms with van der Waals surface area (Å²) >= 11 is 0.851. The van der Waals surface area contributed by atoms with Crippen molar-refractivity contribution < 1.29 is 27.2 Å². The van der Waals surface area contributed by atoms with Crippen LogP contribution in [0.1, 0.15) is 47.2 Å². The highest BCUT2D eigenvalue weighted by Gasteiger charge is 2.76. The summed E-state index contributed by atoms with van der Waals surface area (Å²) in [5, 5.41) is 6.31. The summed E-state index contributed by atoms with van der Waals surface area (Å²) in [6.07, 6.45) is -0.181. The number of hydrogen-bond donors (Lipinski definition) is 2. The van der Waals surface area contributed by atoms with Gasteiger partial charge in [-0.1, -0.05) is 23.8 Å². The van der Waals surface area contributed by atoms with Gasteiger partial charge in [-0.05, 0) is 44.4 Å². The molecule has 2 aliphatic rings. The Morgan fingerprint density at radius 2 is 2.05 bits per heavy atom. The van der Waals surface area contributed by atoms with Crippen molar-refractivity contribution in [2.75, 3.05) is 5.32 Å². The molecule has 5 rings (SSSR count). The fourth-order valence-corrected chi connectivity index (χ4v) is 6.70. The monoisotopic (exact) mass is 547 g/mol. The van der Waals surface area contributed by atoms with E-state index in [0.29, 0.717) is 5.82 Å². The molecule has 3 aromatic rings. The predicted octanol–water partition coefficient (Wildman–Crippen LogP) is 3.99. The summed E-state index contributed by atoms with van der Waals surface area (Å²) < 4.78 is 52.6. The molecule has 10 nitrogen and oxygen atoms in total. The molecule has 14 heteroatoms. The van der Waals surface area contributed by atoms with Gasteiger partial charge in [0.2, 0.25) is 5.88 Å². The minimum Gasteiger partial charge on any atom is -0.466 e. The first-order valence-corrected chi connectivity index (χ1v) is 12.5. The van der Waals surface area contributed by atoms with Crippen molar-refractivity contribution in [3.05, 3.63) is 58.9 Å². The number of nitrogens with zero attached hydrogens (tertiary/aromatic N) is 5. The van der Waals surface area contributed by atoms with Gasteiger partial charge in [-0.25, -0.2) is 23.1 Å². The molecule has 2 unspecified atom stereocenters. The molecule has 1 saturated carbocycles. The Labute approximate surface area is 219 Å². The first kappa shape index (κ1) is 25.9. The summed E-state index contributed by atoms with van der Waals surface area (Å²) in [6.45, 7) is 6.48. The number of rotatable bonds is 7. The standard InChI is InChI=1S/C24H24F3N7O3S/c1-10-5-13(32-20(35)15-7-30-16(8-29-15)36-9-17-31-12(3)34-37-17)6-14(18(10)25)23(4)19-11(2)24(19,21(26)27)38-22(28)33-23/h5-8,11,19,21H,9H2,1-4H3,(H2,28,33)(H,32,35)/t11?,19?,23-,24+/m1/s1. The smallest absolute Gasteiger partial charge is 0.275 e. The number of thioether (sulfide) groups is 1. The number of anilines is 1. The van der Waals surface area contributed by atoms with E-state index in [9.17, 15) is 13.6 Å². The first-order chi connectivity index (χ1) is 18.0. The average Bonchev–Trinajstić information content (AvgIpc) is 3.26. The maximum absolute atomic E-state index is 15.4. The molecule has 1 aliphatic carbocycles. The van der Waals surface area contributed by atoms with Gasteiger partial charge in [0.05, 0.1) is 22.7 Å². The minimum atomic E-state index is -2.66. The fourth-order valence-electron chi connectivity index (χ4n) is 5.20. The van der Waals surface area contributed by atoms with Gasteiger partial charge in [0.15, 0.2) is 17.6 Å². The van der Waals surface area contributed by atoms with Crippen LogP contribution in [-0.4, -0.2) is 42.4 Å². The lowest BCUT2D eigenvalue weighted by atomic mass is 9.84. The van der Waals surface area contributed by atoms with Crippen LogP contribution in [0.5, 0.6) is 5.88 Å². The van der Waals surface area contributed by atoms with Gasteiger partial charge in [0, 0.05) is 17.2 Å². The van der Waals surface area contributed by atoms with Gasteiger partial charge < -0.3 is 20.3 Å². The second-order valence-corrected chi connectivity index (χ2v) is 10.8. The molecule has 0 spiro atoms. The Morgan fingerprint density at radius 1 is 1.29 bits per heavy atom. The third kappa shape index (κ3) is 4.25. The van der Waals surface area contributed by atoms with Crippen molar-refractivity contribution in [3.8, 4) is 5.88 Å². The third-order valence-electron chi connectivity index (χ3n) is 6.99. The second kappa shape index (κ2) is 9.26. The largest absolute Gasteiger partial charge is 0.466 e. The van der Waals surface area contributed by atoms with Crippen LogP contribution in [0.25, 0.3) is 0 Å². The summed E-state index contributed by atoms with van der Waals surface area (Å²) in [5.41, 5.74) is 5.14. The lowest BCUT2D eigenvalue weighted by Gasteiger charge is -2.34. The molecular weight excluding hydrogens is 523 g/mol. The normalized spacial score (nSPS) is 26.1. The number of carbonyl (C=O) groups excluding carboxylic acids is 1. The average molecular weight is 548 g/mol. The molecule has 200 valence electrons. The maximum Gasteiger partial charge on any atom is 0.275 e. The number of ether oxygens (including phenoxy) is 1. The van der Waals surface area contributed by atoms with Gasteiger partial charge in [-0.3, -0.25) is 9.79 Å². The van der Waals surface area contributed by atoms with Gasteiger partial charge >= 0.3 is 0 Å². The van der Waals surface area contributed by atoms with Crippen LogP contribution in [0.3, 0.4) is 0 Å². The van der Waals surface area contributed by atoms with Crippen LogP contribution in [0.2, 0.25) is 0 Å². The van der Waals surface area contributed by atoms with Gasteiger partial charge in [-0.15, -0.1) is 0 Å². The van der Waals surface area contributed by atoms with E-state index in [1.54, 1.807) is 20.8 Å². The van der Waals surface area contributed by atoms with Crippen molar-refractivity contribution in [1.82, 2.24) is 20.1 Å². The van der Waals surface area contributed by atoms with E-state index in [-0.39, 0.29) is 46.1 Å². The summed E-state index contributed by atoms with van der Waals surface area (Å²) in [6, 6.07) is 2.85. The van der Waals surface area contributed by atoms with Crippen LogP contribution >= 0.6 is 11.8 Å². The zero-order chi connectivity index (χ0) is 27.4. The number of nitrogens with one attached hydrogen (secondary N) is 1. The highest BCUT2D eigenvalue weighted by atomic mass is 32.2. The second-order valence-electron chi connectivity index (χ2n) is 9.49. The Kier molecular flexibility index (Phi) is 6.32. The molecule has 4 atom stereocenters. The molecule has 1 fully saturated rings. The van der Waals surface area contributed by atoms with E-state index in [0.717, 1.165) is 11.8 Å². The lowest BCUT2D eigenvalue weighted by Crippen LogP contribution is -2.39. The molecule has 3 N–H and O–H groups in total. The van der Waals surface area contributed by atoms with E-state index in [1.807, 2.05) is 0 Å². The zero-order valence-corrected chi connectivity index (χ0v) is 21.6. The van der Waals surface area contributed by atoms with E-state index < -0.39 is 40.3 Å². The van der Waals surface area contributed by atoms with E-state index in [2.05, 4.69) is 30.4 Å². The predicted molar refractivity (Wildman–Crippen MR) is 132 cm³/mol. The summed E-state index contributed by atoms with van der Waals surface area (Å²) in [7, 11) is 0. The molecule has 3 heterocycles. The van der Waals surface area contributed by atoms with Crippen LogP contribution in [0.15, 0.2) is 34.0 Å². The number of aromatic nitrogens is 4. The number of nitrogens with two attached hydrogens (primary N) is 1. The first-order valence-electron chi connectivity index (χ1n) is 11.6. The van der Waals surface area contributed by atoms with E-state index in [1.165, 1.54) is 31.5 Å². The number of alkyl halides is 2. The summed E-state index contributed by atoms with van der Waals surface area (Å²) in [5.74, 6) is -1.42. The number of carbonyl (C=O) groups is 1. The van der Waals surface area contributed by atoms with Gasteiger partial charge in [0.1, 0.15) is 11.5 Å². The quantitative estimate of drug-likeness (QED) is 0.449. The Bertz CT molecular complexity index is 1430.